The lowest BCUT2D eigenvalue weighted by Gasteiger charge is -2.14. The van der Waals surface area contributed by atoms with E-state index in [1.165, 1.54) is 12.1 Å². The van der Waals surface area contributed by atoms with Gasteiger partial charge in [-0.3, -0.25) is 9.48 Å². The maximum atomic E-state index is 12.9. The molecule has 3 amide bonds. The molecule has 4 aromatic rings. The number of halogens is 3. The highest BCUT2D eigenvalue weighted by atomic mass is 19.4. The number of benzene rings is 2. The van der Waals surface area contributed by atoms with Crippen LogP contribution in [-0.4, -0.2) is 26.7 Å². The summed E-state index contributed by atoms with van der Waals surface area (Å²) in [5.74, 6) is -0.409. The van der Waals surface area contributed by atoms with Crippen molar-refractivity contribution in [1.82, 2.24) is 14.8 Å². The van der Waals surface area contributed by atoms with Crippen LogP contribution in [0.15, 0.2) is 60.8 Å². The van der Waals surface area contributed by atoms with Crippen molar-refractivity contribution in [2.24, 2.45) is 12.8 Å². The van der Waals surface area contributed by atoms with E-state index in [4.69, 9.17) is 5.73 Å². The summed E-state index contributed by atoms with van der Waals surface area (Å²) in [6.07, 6.45) is -1.53. The summed E-state index contributed by atoms with van der Waals surface area (Å²) >= 11 is 0. The number of primary amides is 1. The number of urea groups is 1. The molecule has 0 bridgehead atoms. The molecule has 11 heteroatoms. The summed E-state index contributed by atoms with van der Waals surface area (Å²) in [6.45, 7) is 0. The Bertz CT molecular complexity index is 1490. The van der Waals surface area contributed by atoms with Crippen LogP contribution in [0.25, 0.3) is 22.2 Å². The van der Waals surface area contributed by atoms with Crippen molar-refractivity contribution in [3.05, 3.63) is 72.1 Å². The number of fused-ring (bicyclic) bond motifs is 1. The summed E-state index contributed by atoms with van der Waals surface area (Å²) in [5.41, 5.74) is 7.34. The Labute approximate surface area is 203 Å². The number of nitrogens with zero attached hydrogens (tertiary/aromatic N) is 3. The molecule has 1 saturated carbocycles. The second-order valence-corrected chi connectivity index (χ2v) is 8.74. The predicted molar refractivity (Wildman–Crippen MR) is 128 cm³/mol. The van der Waals surface area contributed by atoms with E-state index in [0.29, 0.717) is 29.9 Å². The first kappa shape index (κ1) is 23.3. The van der Waals surface area contributed by atoms with Gasteiger partial charge in [0, 0.05) is 23.8 Å². The zero-order valence-electron chi connectivity index (χ0n) is 19.1. The van der Waals surface area contributed by atoms with Crippen molar-refractivity contribution >= 4 is 34.3 Å². The number of pyridine rings is 1. The number of nitrogens with two attached hydrogens (primary N) is 1. The molecular weight excluding hydrogens is 473 g/mol. The third kappa shape index (κ3) is 4.23. The number of hydrogen-bond acceptors (Lipinski definition) is 4. The highest BCUT2D eigenvalue weighted by Crippen LogP contribution is 2.48. The van der Waals surface area contributed by atoms with Crippen LogP contribution in [0.2, 0.25) is 0 Å². The monoisotopic (exact) mass is 494 g/mol. The van der Waals surface area contributed by atoms with Gasteiger partial charge in [-0.25, -0.2) is 9.78 Å². The standard InChI is InChI=1S/C25H21F3N6O2/c1-34-21-19(13-30-34)18(12-20(33-21)24(9-10-24)22(29)35)14-5-7-16(8-6-14)31-23(36)32-17-4-2-3-15(11-17)25(26,27)28/h2-8,11-13H,9-10H2,1H3,(H2,29,35)(H2,31,32,36). The second kappa shape index (κ2) is 8.36. The number of alkyl halides is 3. The summed E-state index contributed by atoms with van der Waals surface area (Å²) in [6, 6.07) is 12.5. The van der Waals surface area contributed by atoms with E-state index in [2.05, 4.69) is 20.7 Å². The molecule has 184 valence electrons. The Morgan fingerprint density at radius 2 is 1.72 bits per heavy atom. The van der Waals surface area contributed by atoms with E-state index in [-0.39, 0.29) is 5.69 Å². The van der Waals surface area contributed by atoms with Crippen molar-refractivity contribution in [2.45, 2.75) is 24.4 Å². The first-order chi connectivity index (χ1) is 17.1. The van der Waals surface area contributed by atoms with Gasteiger partial charge in [0.05, 0.1) is 22.9 Å². The minimum Gasteiger partial charge on any atom is -0.369 e. The quantitative estimate of drug-likeness (QED) is 0.369. The van der Waals surface area contributed by atoms with Gasteiger partial charge < -0.3 is 16.4 Å². The van der Waals surface area contributed by atoms with Crippen molar-refractivity contribution in [3.63, 3.8) is 0 Å². The molecule has 36 heavy (non-hydrogen) atoms. The largest absolute Gasteiger partial charge is 0.416 e. The molecule has 0 unspecified atom stereocenters. The first-order valence-electron chi connectivity index (χ1n) is 11.1. The summed E-state index contributed by atoms with van der Waals surface area (Å²) < 4.78 is 40.3. The minimum absolute atomic E-state index is 0.0192. The Hall–Kier alpha value is -4.41. The lowest BCUT2D eigenvalue weighted by Crippen LogP contribution is -2.29. The fraction of sp³-hybridized carbons (Fsp3) is 0.200. The van der Waals surface area contributed by atoms with Crippen molar-refractivity contribution in [1.29, 1.82) is 0 Å². The Balaban J connectivity index is 1.38. The molecule has 0 radical (unpaired) electrons. The van der Waals surface area contributed by atoms with E-state index in [9.17, 15) is 22.8 Å². The average molecular weight is 494 g/mol. The normalized spacial score (nSPS) is 14.4. The van der Waals surface area contributed by atoms with Crippen LogP contribution < -0.4 is 16.4 Å². The molecular formula is C25H21F3N6O2. The smallest absolute Gasteiger partial charge is 0.369 e. The van der Waals surface area contributed by atoms with Crippen LogP contribution in [0.4, 0.5) is 29.3 Å². The van der Waals surface area contributed by atoms with Gasteiger partial charge in [0.15, 0.2) is 5.65 Å². The fourth-order valence-electron chi connectivity index (χ4n) is 4.15. The molecule has 0 aliphatic heterocycles. The van der Waals surface area contributed by atoms with E-state index < -0.39 is 29.1 Å². The molecule has 0 saturated heterocycles. The second-order valence-electron chi connectivity index (χ2n) is 8.74. The number of anilines is 2. The van der Waals surface area contributed by atoms with Gasteiger partial charge in [0.1, 0.15) is 0 Å². The maximum Gasteiger partial charge on any atom is 0.416 e. The van der Waals surface area contributed by atoms with Crippen molar-refractivity contribution < 1.29 is 22.8 Å². The summed E-state index contributed by atoms with van der Waals surface area (Å²) in [4.78, 5) is 29.1. The van der Waals surface area contributed by atoms with Crippen LogP contribution in [-0.2, 0) is 23.4 Å². The zero-order valence-corrected chi connectivity index (χ0v) is 19.1. The Kier molecular flexibility index (Phi) is 5.42. The number of aromatic nitrogens is 3. The van der Waals surface area contributed by atoms with Gasteiger partial charge in [-0.15, -0.1) is 0 Å². The lowest BCUT2D eigenvalue weighted by molar-refractivity contribution is -0.137. The number of hydrogen-bond donors (Lipinski definition) is 3. The third-order valence-electron chi connectivity index (χ3n) is 6.32. The number of carbonyl (C=O) groups excluding carboxylic acids is 2. The van der Waals surface area contributed by atoms with E-state index in [0.717, 1.165) is 28.6 Å². The fourth-order valence-corrected chi connectivity index (χ4v) is 4.15. The molecule has 5 rings (SSSR count). The molecule has 2 aromatic carbocycles. The van der Waals surface area contributed by atoms with E-state index in [1.54, 1.807) is 42.2 Å². The molecule has 4 N–H and O–H groups in total. The van der Waals surface area contributed by atoms with Crippen molar-refractivity contribution in [3.8, 4) is 11.1 Å². The van der Waals surface area contributed by atoms with Crippen LogP contribution in [0.5, 0.6) is 0 Å². The van der Waals surface area contributed by atoms with Gasteiger partial charge in [-0.2, -0.15) is 18.3 Å². The first-order valence-corrected chi connectivity index (χ1v) is 11.1. The van der Waals surface area contributed by atoms with Gasteiger partial charge in [-0.05, 0) is 60.4 Å². The maximum absolute atomic E-state index is 12.9. The van der Waals surface area contributed by atoms with Crippen LogP contribution in [0.1, 0.15) is 24.1 Å². The molecule has 0 spiro atoms. The van der Waals surface area contributed by atoms with Crippen molar-refractivity contribution in [2.75, 3.05) is 10.6 Å². The SMILES string of the molecule is Cn1ncc2c(-c3ccc(NC(=O)Nc4cccc(C(F)(F)F)c4)cc3)cc(C3(C(N)=O)CC3)nc21. The number of aryl methyl sites for hydroxylation is 1. The molecule has 2 aromatic heterocycles. The molecule has 1 aliphatic rings. The summed E-state index contributed by atoms with van der Waals surface area (Å²) in [5, 5.41) is 10.1. The van der Waals surface area contributed by atoms with Gasteiger partial charge >= 0.3 is 12.2 Å². The van der Waals surface area contributed by atoms with E-state index >= 15 is 0 Å². The number of nitrogens with one attached hydrogen (secondary N) is 2. The highest BCUT2D eigenvalue weighted by Gasteiger charge is 2.51. The van der Waals surface area contributed by atoms with Gasteiger partial charge in [0.2, 0.25) is 5.91 Å². The number of rotatable bonds is 5. The Morgan fingerprint density at radius 1 is 1.03 bits per heavy atom. The zero-order chi connectivity index (χ0) is 25.7. The lowest BCUT2D eigenvalue weighted by atomic mass is 9.95. The minimum atomic E-state index is -4.51. The summed E-state index contributed by atoms with van der Waals surface area (Å²) in [7, 11) is 1.77. The molecule has 1 aliphatic carbocycles. The number of carbonyl (C=O) groups is 2. The Morgan fingerprint density at radius 3 is 2.36 bits per heavy atom. The predicted octanol–water partition coefficient (Wildman–Crippen LogP) is 4.82. The average Bonchev–Trinajstić information content (AvgIpc) is 3.57. The van der Waals surface area contributed by atoms with Crippen LogP contribution >= 0.6 is 0 Å². The van der Waals surface area contributed by atoms with Gasteiger partial charge in [-0.1, -0.05) is 18.2 Å². The van der Waals surface area contributed by atoms with Gasteiger partial charge in [0.25, 0.3) is 0 Å². The molecule has 2 heterocycles. The third-order valence-corrected chi connectivity index (χ3v) is 6.32. The highest BCUT2D eigenvalue weighted by molar-refractivity contribution is 6.00. The molecule has 1 fully saturated rings. The molecule has 8 nitrogen and oxygen atoms in total. The van der Waals surface area contributed by atoms with Crippen LogP contribution in [0.3, 0.4) is 0 Å². The van der Waals surface area contributed by atoms with E-state index in [1.807, 2.05) is 6.07 Å². The molecule has 0 atom stereocenters. The number of amides is 3. The topological polar surface area (TPSA) is 115 Å². The van der Waals surface area contributed by atoms with Crippen LogP contribution in [0, 0.1) is 0 Å².